The summed E-state index contributed by atoms with van der Waals surface area (Å²) in [5, 5.41) is 9.47. The van der Waals surface area contributed by atoms with Crippen molar-refractivity contribution in [3.63, 3.8) is 0 Å². The van der Waals surface area contributed by atoms with Gasteiger partial charge in [-0.3, -0.25) is 4.79 Å². The van der Waals surface area contributed by atoms with Crippen LogP contribution in [0.5, 0.6) is 0 Å². The molecule has 28 heavy (non-hydrogen) atoms. The zero-order valence-corrected chi connectivity index (χ0v) is 16.3. The van der Waals surface area contributed by atoms with E-state index >= 15 is 0 Å². The third-order valence-electron chi connectivity index (χ3n) is 6.70. The Morgan fingerprint density at radius 3 is 2.64 bits per heavy atom. The van der Waals surface area contributed by atoms with Crippen molar-refractivity contribution in [1.82, 2.24) is 4.57 Å². The van der Waals surface area contributed by atoms with Crippen LogP contribution < -0.4 is 16.1 Å². The van der Waals surface area contributed by atoms with Gasteiger partial charge in [-0.05, 0) is 42.7 Å². The molecule has 0 bridgehead atoms. The molecular weight excluding hydrogens is 385 g/mol. The van der Waals surface area contributed by atoms with Crippen molar-refractivity contribution < 1.29 is 14.3 Å². The molecule has 0 spiro atoms. The molecule has 2 aromatic rings. The number of aromatic carboxylic acids is 1. The van der Waals surface area contributed by atoms with Crippen molar-refractivity contribution in [2.75, 3.05) is 18.0 Å². The van der Waals surface area contributed by atoms with Gasteiger partial charge in [0.1, 0.15) is 11.4 Å². The maximum atomic E-state index is 15.0. The molecule has 8 heteroatoms. The van der Waals surface area contributed by atoms with Crippen LogP contribution in [-0.4, -0.2) is 34.8 Å². The van der Waals surface area contributed by atoms with Crippen molar-refractivity contribution >= 4 is 35.0 Å². The first-order valence-corrected chi connectivity index (χ1v) is 9.41. The second-order valence-corrected chi connectivity index (χ2v) is 8.65. The molecule has 2 aliphatic carbocycles. The Morgan fingerprint density at radius 1 is 1.36 bits per heavy atom. The zero-order valence-electron chi connectivity index (χ0n) is 15.5. The van der Waals surface area contributed by atoms with Gasteiger partial charge in [0.2, 0.25) is 5.43 Å². The van der Waals surface area contributed by atoms with E-state index in [1.54, 1.807) is 6.07 Å². The second-order valence-electron chi connectivity index (χ2n) is 8.65. The number of anilines is 1. The summed E-state index contributed by atoms with van der Waals surface area (Å²) in [6.45, 7) is 3.65. The molecule has 0 unspecified atom stereocenters. The van der Waals surface area contributed by atoms with Crippen molar-refractivity contribution in [1.29, 1.82) is 0 Å². The van der Waals surface area contributed by atoms with Crippen LogP contribution in [0.15, 0.2) is 23.1 Å². The first kappa shape index (κ1) is 19.2. The minimum Gasteiger partial charge on any atom is -0.477 e. The highest BCUT2D eigenvalue weighted by Crippen LogP contribution is 2.52. The summed E-state index contributed by atoms with van der Waals surface area (Å²) >= 11 is 0. The largest absolute Gasteiger partial charge is 0.477 e. The van der Waals surface area contributed by atoms with Gasteiger partial charge >= 0.3 is 5.97 Å². The van der Waals surface area contributed by atoms with Crippen molar-refractivity contribution in [3.8, 4) is 0 Å². The van der Waals surface area contributed by atoms with Crippen LogP contribution in [0.2, 0.25) is 0 Å². The predicted octanol–water partition coefficient (Wildman–Crippen LogP) is 2.77. The van der Waals surface area contributed by atoms with E-state index in [1.807, 2.05) is 9.47 Å². The maximum Gasteiger partial charge on any atom is 0.341 e. The monoisotopic (exact) mass is 407 g/mol. The van der Waals surface area contributed by atoms with Crippen LogP contribution in [0.4, 0.5) is 10.1 Å². The van der Waals surface area contributed by atoms with E-state index in [0.717, 1.165) is 25.8 Å². The highest BCUT2D eigenvalue weighted by molar-refractivity contribution is 5.93. The lowest BCUT2D eigenvalue weighted by Gasteiger charge is -2.46. The van der Waals surface area contributed by atoms with Crippen LogP contribution in [-0.2, 0) is 0 Å². The second kappa shape index (κ2) is 6.19. The molecule has 0 radical (unpaired) electrons. The summed E-state index contributed by atoms with van der Waals surface area (Å²) in [6.07, 6.45) is 4.22. The number of carboxylic acids is 1. The maximum absolute atomic E-state index is 15.0. The van der Waals surface area contributed by atoms with E-state index in [0.29, 0.717) is 23.7 Å². The van der Waals surface area contributed by atoms with Gasteiger partial charge in [0, 0.05) is 36.8 Å². The van der Waals surface area contributed by atoms with Gasteiger partial charge in [-0.25, -0.2) is 9.18 Å². The average Bonchev–Trinajstić information content (AvgIpc) is 3.39. The number of hydrogen-bond donors (Lipinski definition) is 2. The third kappa shape index (κ3) is 2.63. The molecule has 5 rings (SSSR count). The quantitative estimate of drug-likeness (QED) is 0.816. The summed E-state index contributed by atoms with van der Waals surface area (Å²) in [7, 11) is 0. The first-order valence-electron chi connectivity index (χ1n) is 9.41. The number of nitrogens with two attached hydrogens (primary N) is 1. The molecule has 3 N–H and O–H groups in total. The van der Waals surface area contributed by atoms with Gasteiger partial charge in [-0.15, -0.1) is 12.4 Å². The van der Waals surface area contributed by atoms with E-state index < -0.39 is 17.2 Å². The van der Waals surface area contributed by atoms with Crippen LogP contribution >= 0.6 is 12.4 Å². The molecule has 3 atom stereocenters. The van der Waals surface area contributed by atoms with Gasteiger partial charge in [-0.1, -0.05) is 6.92 Å². The minimum atomic E-state index is -1.28. The molecule has 150 valence electrons. The Balaban J connectivity index is 0.00000192. The summed E-state index contributed by atoms with van der Waals surface area (Å²) in [5.41, 5.74) is 6.40. The fraction of sp³-hybridized carbons (Fsp3) is 0.500. The van der Waals surface area contributed by atoms with Gasteiger partial charge in [0.15, 0.2) is 0 Å². The van der Waals surface area contributed by atoms with E-state index in [9.17, 15) is 19.1 Å². The molecule has 2 saturated carbocycles. The SMILES string of the molecule is C[C@]12C[C@H](N)[C@@H]1CN(c1cc3c(cc1F)c(=O)c(C(=O)O)cn3C1CC1)C2.Cl. The average molecular weight is 408 g/mol. The van der Waals surface area contributed by atoms with Crippen LogP contribution in [0.1, 0.15) is 42.6 Å². The van der Waals surface area contributed by atoms with Gasteiger partial charge in [0.05, 0.1) is 11.2 Å². The molecule has 1 aromatic heterocycles. The first-order chi connectivity index (χ1) is 12.8. The van der Waals surface area contributed by atoms with E-state index in [1.165, 1.54) is 12.3 Å². The van der Waals surface area contributed by atoms with Gasteiger partial charge in [-0.2, -0.15) is 0 Å². The molecule has 2 heterocycles. The van der Waals surface area contributed by atoms with E-state index in [-0.39, 0.29) is 40.9 Å². The van der Waals surface area contributed by atoms with Gasteiger partial charge < -0.3 is 20.3 Å². The third-order valence-corrected chi connectivity index (χ3v) is 6.70. The number of nitrogens with zero attached hydrogens (tertiary/aromatic N) is 2. The number of benzene rings is 1. The Morgan fingerprint density at radius 2 is 2.07 bits per heavy atom. The molecular formula is C20H23ClFN3O3. The van der Waals surface area contributed by atoms with Crippen molar-refractivity contribution in [2.45, 2.75) is 38.3 Å². The Kier molecular flexibility index (Phi) is 4.25. The molecule has 0 amide bonds. The minimum absolute atomic E-state index is 0. The van der Waals surface area contributed by atoms with E-state index in [4.69, 9.17) is 5.73 Å². The number of pyridine rings is 1. The molecule has 1 aliphatic heterocycles. The fourth-order valence-corrected chi connectivity index (χ4v) is 5.06. The normalized spacial score (nSPS) is 28.6. The number of aromatic nitrogens is 1. The highest BCUT2D eigenvalue weighted by Gasteiger charge is 2.54. The number of hydrogen-bond acceptors (Lipinski definition) is 4. The lowest BCUT2D eigenvalue weighted by molar-refractivity contribution is 0.0694. The van der Waals surface area contributed by atoms with E-state index in [2.05, 4.69) is 6.92 Å². The number of fused-ring (bicyclic) bond motifs is 2. The molecule has 1 aromatic carbocycles. The lowest BCUT2D eigenvalue weighted by atomic mass is 9.60. The summed E-state index contributed by atoms with van der Waals surface area (Å²) < 4.78 is 16.8. The van der Waals surface area contributed by atoms with Crippen molar-refractivity contribution in [2.24, 2.45) is 17.1 Å². The zero-order chi connectivity index (χ0) is 19.1. The van der Waals surface area contributed by atoms with Crippen molar-refractivity contribution in [3.05, 3.63) is 39.9 Å². The van der Waals surface area contributed by atoms with Gasteiger partial charge in [0.25, 0.3) is 0 Å². The summed E-state index contributed by atoms with van der Waals surface area (Å²) in [6, 6.07) is 3.26. The predicted molar refractivity (Wildman–Crippen MR) is 107 cm³/mol. The smallest absolute Gasteiger partial charge is 0.341 e. The van der Waals surface area contributed by atoms with Crippen LogP contribution in [0.25, 0.3) is 10.9 Å². The summed E-state index contributed by atoms with van der Waals surface area (Å²) in [4.78, 5) is 26.0. The highest BCUT2D eigenvalue weighted by atomic mass is 35.5. The number of carbonyl (C=O) groups is 1. The number of carboxylic acid groups (broad SMARTS) is 1. The molecule has 3 aliphatic rings. The Labute approximate surface area is 167 Å². The lowest BCUT2D eigenvalue weighted by Crippen LogP contribution is -2.53. The summed E-state index contributed by atoms with van der Waals surface area (Å²) in [5.74, 6) is -1.41. The Bertz CT molecular complexity index is 1050. The fourth-order valence-electron chi connectivity index (χ4n) is 5.06. The molecule has 6 nitrogen and oxygen atoms in total. The standard InChI is InChI=1S/C20H22FN3O3.ClH/c1-20-6-15(22)13(20)8-23(9-20)17-5-16-11(4-14(17)21)18(25)12(19(26)27)7-24(16)10-2-3-10;/h4-5,7,10,13,15H,2-3,6,8-9,22H2,1H3,(H,26,27);1H/t13-,15-,20+;/m0./s1. The number of halogens is 2. The Hall–Kier alpha value is -2.12. The topological polar surface area (TPSA) is 88.6 Å². The van der Waals surface area contributed by atoms with Crippen LogP contribution in [0, 0.1) is 17.2 Å². The number of rotatable bonds is 3. The molecule has 3 fully saturated rings. The van der Waals surface area contributed by atoms with Crippen LogP contribution in [0.3, 0.4) is 0 Å². The molecule has 1 saturated heterocycles.